The number of rotatable bonds is 6. The summed E-state index contributed by atoms with van der Waals surface area (Å²) in [4.78, 5) is 23.6. The third kappa shape index (κ3) is 5.11. The molecular formula is C19H18O4. The summed E-state index contributed by atoms with van der Waals surface area (Å²) in [6.07, 6.45) is 2.96. The zero-order chi connectivity index (χ0) is 16.7. The Morgan fingerprint density at radius 2 is 1.65 bits per heavy atom. The fourth-order valence-electron chi connectivity index (χ4n) is 1.89. The summed E-state index contributed by atoms with van der Waals surface area (Å²) in [7, 11) is 1.55. The number of Topliss-reactive ketones (excluding diaryl/α,β-unsaturated/α-hetero) is 1. The van der Waals surface area contributed by atoms with Gasteiger partial charge in [-0.3, -0.25) is 4.79 Å². The molecule has 0 radical (unpaired) electrons. The van der Waals surface area contributed by atoms with E-state index in [-0.39, 0.29) is 12.4 Å². The van der Waals surface area contributed by atoms with Crippen LogP contribution in [0.2, 0.25) is 0 Å². The van der Waals surface area contributed by atoms with E-state index in [0.29, 0.717) is 11.3 Å². The predicted molar refractivity (Wildman–Crippen MR) is 88.5 cm³/mol. The van der Waals surface area contributed by atoms with Crippen molar-refractivity contribution < 1.29 is 19.1 Å². The maximum atomic E-state index is 11.9. The number of carbonyl (C=O) groups excluding carboxylic acids is 2. The summed E-state index contributed by atoms with van der Waals surface area (Å²) in [6.45, 7) is 1.70. The van der Waals surface area contributed by atoms with Crippen molar-refractivity contribution in [3.8, 4) is 5.75 Å². The van der Waals surface area contributed by atoms with Gasteiger partial charge >= 0.3 is 5.97 Å². The van der Waals surface area contributed by atoms with Gasteiger partial charge in [-0.25, -0.2) is 4.79 Å². The van der Waals surface area contributed by atoms with E-state index in [0.717, 1.165) is 11.1 Å². The first-order chi connectivity index (χ1) is 11.1. The Morgan fingerprint density at radius 1 is 1.00 bits per heavy atom. The van der Waals surface area contributed by atoms with Gasteiger partial charge in [0.05, 0.1) is 7.11 Å². The molecule has 2 aromatic carbocycles. The van der Waals surface area contributed by atoms with Gasteiger partial charge in [0, 0.05) is 11.6 Å². The highest BCUT2D eigenvalue weighted by atomic mass is 16.5. The fourth-order valence-corrected chi connectivity index (χ4v) is 1.89. The number of ether oxygens (including phenoxy) is 2. The van der Waals surface area contributed by atoms with Gasteiger partial charge in [0.15, 0.2) is 12.4 Å². The molecule has 0 aliphatic carbocycles. The Hall–Kier alpha value is -2.88. The summed E-state index contributed by atoms with van der Waals surface area (Å²) in [5, 5.41) is 0. The summed E-state index contributed by atoms with van der Waals surface area (Å²) >= 11 is 0. The van der Waals surface area contributed by atoms with Gasteiger partial charge in [-0.05, 0) is 42.8 Å². The maximum absolute atomic E-state index is 11.9. The van der Waals surface area contributed by atoms with E-state index < -0.39 is 5.97 Å². The summed E-state index contributed by atoms with van der Waals surface area (Å²) < 4.78 is 9.98. The minimum atomic E-state index is -0.549. The van der Waals surface area contributed by atoms with E-state index in [1.807, 2.05) is 31.2 Å². The van der Waals surface area contributed by atoms with Gasteiger partial charge in [-0.2, -0.15) is 0 Å². The molecule has 2 rings (SSSR count). The largest absolute Gasteiger partial charge is 0.497 e. The molecule has 0 unspecified atom stereocenters. The SMILES string of the molecule is COc1ccc(C(=O)COC(=O)/C=C/c2ccc(C)cc2)cc1. The van der Waals surface area contributed by atoms with Crippen LogP contribution in [0, 0.1) is 6.92 Å². The van der Waals surface area contributed by atoms with Crippen molar-refractivity contribution >= 4 is 17.8 Å². The van der Waals surface area contributed by atoms with Crippen molar-refractivity contribution in [1.29, 1.82) is 0 Å². The smallest absolute Gasteiger partial charge is 0.331 e. The maximum Gasteiger partial charge on any atom is 0.331 e. The zero-order valence-corrected chi connectivity index (χ0v) is 13.1. The highest BCUT2D eigenvalue weighted by molar-refractivity contribution is 5.99. The number of methoxy groups -OCH3 is 1. The molecule has 0 atom stereocenters. The van der Waals surface area contributed by atoms with Crippen molar-refractivity contribution in [3.63, 3.8) is 0 Å². The molecule has 2 aromatic rings. The third-order valence-corrected chi connectivity index (χ3v) is 3.25. The summed E-state index contributed by atoms with van der Waals surface area (Å²) in [5.41, 5.74) is 2.52. The van der Waals surface area contributed by atoms with Crippen LogP contribution in [0.1, 0.15) is 21.5 Å². The van der Waals surface area contributed by atoms with E-state index in [9.17, 15) is 9.59 Å². The fraction of sp³-hybridized carbons (Fsp3) is 0.158. The second kappa shape index (κ2) is 7.94. The molecule has 0 amide bonds. The lowest BCUT2D eigenvalue weighted by atomic mass is 10.1. The Bertz CT molecular complexity index is 697. The normalized spacial score (nSPS) is 10.5. The minimum Gasteiger partial charge on any atom is -0.497 e. The van der Waals surface area contributed by atoms with Crippen LogP contribution in [0.4, 0.5) is 0 Å². The predicted octanol–water partition coefficient (Wildman–Crippen LogP) is 3.44. The first-order valence-corrected chi connectivity index (χ1v) is 7.17. The topological polar surface area (TPSA) is 52.6 Å². The van der Waals surface area contributed by atoms with E-state index in [1.165, 1.54) is 6.08 Å². The number of ketones is 1. The van der Waals surface area contributed by atoms with Gasteiger partial charge < -0.3 is 9.47 Å². The van der Waals surface area contributed by atoms with Crippen LogP contribution < -0.4 is 4.74 Å². The summed E-state index contributed by atoms with van der Waals surface area (Å²) in [5.74, 6) is -0.142. The molecule has 0 N–H and O–H groups in total. The Labute approximate surface area is 135 Å². The van der Waals surface area contributed by atoms with Crippen molar-refractivity contribution in [1.82, 2.24) is 0 Å². The van der Waals surface area contributed by atoms with Crippen molar-refractivity contribution in [2.24, 2.45) is 0 Å². The van der Waals surface area contributed by atoms with Gasteiger partial charge in [0.1, 0.15) is 5.75 Å². The van der Waals surface area contributed by atoms with E-state index in [4.69, 9.17) is 9.47 Å². The number of benzene rings is 2. The van der Waals surface area contributed by atoms with Crippen LogP contribution in [0.5, 0.6) is 5.75 Å². The minimum absolute atomic E-state index is 0.260. The summed E-state index contributed by atoms with van der Waals surface area (Å²) in [6, 6.07) is 14.4. The molecule has 0 aromatic heterocycles. The van der Waals surface area contributed by atoms with Crippen LogP contribution in [0.3, 0.4) is 0 Å². The first kappa shape index (κ1) is 16.5. The van der Waals surface area contributed by atoms with Crippen LogP contribution in [0.15, 0.2) is 54.6 Å². The number of aryl methyl sites for hydroxylation is 1. The first-order valence-electron chi connectivity index (χ1n) is 7.17. The Balaban J connectivity index is 1.85. The van der Waals surface area contributed by atoms with Gasteiger partial charge in [-0.15, -0.1) is 0 Å². The molecule has 23 heavy (non-hydrogen) atoms. The molecule has 0 aliphatic rings. The van der Waals surface area contributed by atoms with Gasteiger partial charge in [0.2, 0.25) is 0 Å². The van der Waals surface area contributed by atoms with Crippen LogP contribution >= 0.6 is 0 Å². The van der Waals surface area contributed by atoms with Crippen molar-refractivity contribution in [2.75, 3.05) is 13.7 Å². The molecule has 0 fully saturated rings. The molecule has 4 nitrogen and oxygen atoms in total. The molecular weight excluding hydrogens is 292 g/mol. The van der Waals surface area contributed by atoms with Crippen LogP contribution in [-0.2, 0) is 9.53 Å². The molecule has 0 aliphatic heterocycles. The molecule has 118 valence electrons. The molecule has 0 saturated heterocycles. The monoisotopic (exact) mass is 310 g/mol. The zero-order valence-electron chi connectivity index (χ0n) is 13.1. The van der Waals surface area contributed by atoms with Gasteiger partial charge in [-0.1, -0.05) is 29.8 Å². The number of hydrogen-bond donors (Lipinski definition) is 0. The second-order valence-electron chi connectivity index (χ2n) is 5.00. The van der Waals surface area contributed by atoms with E-state index in [1.54, 1.807) is 37.5 Å². The molecule has 0 spiro atoms. The number of hydrogen-bond acceptors (Lipinski definition) is 4. The van der Waals surface area contributed by atoms with Crippen molar-refractivity contribution in [2.45, 2.75) is 6.92 Å². The molecule has 0 bridgehead atoms. The standard InChI is InChI=1S/C19H18O4/c1-14-3-5-15(6-4-14)7-12-19(21)23-13-18(20)16-8-10-17(22-2)11-9-16/h3-12H,13H2,1-2H3/b12-7+. The lowest BCUT2D eigenvalue weighted by Crippen LogP contribution is -2.12. The van der Waals surface area contributed by atoms with Crippen molar-refractivity contribution in [3.05, 3.63) is 71.3 Å². The second-order valence-corrected chi connectivity index (χ2v) is 5.00. The Kier molecular flexibility index (Phi) is 5.69. The highest BCUT2D eigenvalue weighted by Crippen LogP contribution is 2.12. The van der Waals surface area contributed by atoms with Crippen LogP contribution in [0.25, 0.3) is 6.08 Å². The van der Waals surface area contributed by atoms with Gasteiger partial charge in [0.25, 0.3) is 0 Å². The lowest BCUT2D eigenvalue weighted by molar-refractivity contribution is -0.136. The lowest BCUT2D eigenvalue weighted by Gasteiger charge is -2.03. The quantitative estimate of drug-likeness (QED) is 0.466. The third-order valence-electron chi connectivity index (χ3n) is 3.25. The average Bonchev–Trinajstić information content (AvgIpc) is 2.59. The Morgan fingerprint density at radius 3 is 2.26 bits per heavy atom. The van der Waals surface area contributed by atoms with Crippen LogP contribution in [-0.4, -0.2) is 25.5 Å². The molecule has 4 heteroatoms. The highest BCUT2D eigenvalue weighted by Gasteiger charge is 2.08. The number of carbonyl (C=O) groups is 2. The average molecular weight is 310 g/mol. The molecule has 0 saturated carbocycles. The molecule has 0 heterocycles. The van der Waals surface area contributed by atoms with E-state index in [2.05, 4.69) is 0 Å². The number of esters is 1. The van der Waals surface area contributed by atoms with E-state index >= 15 is 0 Å².